The summed E-state index contributed by atoms with van der Waals surface area (Å²) in [7, 11) is 3.78. The van der Waals surface area contributed by atoms with Gasteiger partial charge in [0.25, 0.3) is 11.8 Å². The first kappa shape index (κ1) is 16.6. The lowest BCUT2D eigenvalue weighted by Gasteiger charge is -2.12. The van der Waals surface area contributed by atoms with Crippen molar-refractivity contribution in [3.63, 3.8) is 0 Å². The molecule has 1 aromatic heterocycles. The molecule has 128 valence electrons. The molecule has 3 rings (SSSR count). The summed E-state index contributed by atoms with van der Waals surface area (Å²) in [5.74, 6) is -2.15. The molecular formula is C17H14F2N4O2. The molecule has 0 atom stereocenters. The zero-order chi connectivity index (χ0) is 18.0. The number of hydrogen-bond acceptors (Lipinski definition) is 5. The Balaban J connectivity index is 1.75. The van der Waals surface area contributed by atoms with E-state index in [-0.39, 0.29) is 17.5 Å². The number of aromatic nitrogens is 2. The van der Waals surface area contributed by atoms with Crippen molar-refractivity contribution in [3.8, 4) is 11.5 Å². The molecule has 25 heavy (non-hydrogen) atoms. The second kappa shape index (κ2) is 6.68. The van der Waals surface area contributed by atoms with Crippen LogP contribution < -0.4 is 10.2 Å². The monoisotopic (exact) mass is 344 g/mol. The standard InChI is InChI=1S/C17H14F2N4O2/c1-23(2)12-6-3-10(4-7-12)15(24)20-17-22-21-16(25-17)13-8-5-11(18)9-14(13)19/h3-9H,1-2H3,(H,20,22,24). The summed E-state index contributed by atoms with van der Waals surface area (Å²) >= 11 is 0. The predicted octanol–water partition coefficient (Wildman–Crippen LogP) is 3.33. The highest BCUT2D eigenvalue weighted by Crippen LogP contribution is 2.23. The Morgan fingerprint density at radius 2 is 1.80 bits per heavy atom. The molecular weight excluding hydrogens is 330 g/mol. The highest BCUT2D eigenvalue weighted by molar-refractivity contribution is 6.03. The lowest BCUT2D eigenvalue weighted by atomic mass is 10.2. The third kappa shape index (κ3) is 3.63. The highest BCUT2D eigenvalue weighted by atomic mass is 19.1. The zero-order valence-electron chi connectivity index (χ0n) is 13.5. The Hall–Kier alpha value is -3.29. The molecule has 1 heterocycles. The van der Waals surface area contributed by atoms with Gasteiger partial charge in [-0.1, -0.05) is 5.10 Å². The molecule has 0 aliphatic rings. The minimum Gasteiger partial charge on any atom is -0.403 e. The number of nitrogens with zero attached hydrogens (tertiary/aromatic N) is 3. The van der Waals surface area contributed by atoms with Crippen LogP contribution in [0.15, 0.2) is 46.9 Å². The Bertz CT molecular complexity index is 907. The number of benzene rings is 2. The number of hydrogen-bond donors (Lipinski definition) is 1. The van der Waals surface area contributed by atoms with Gasteiger partial charge in [-0.25, -0.2) is 8.78 Å². The molecule has 8 heteroatoms. The van der Waals surface area contributed by atoms with E-state index in [1.165, 1.54) is 6.07 Å². The summed E-state index contributed by atoms with van der Waals surface area (Å²) in [6.45, 7) is 0. The molecule has 3 aromatic rings. The molecule has 2 aromatic carbocycles. The maximum Gasteiger partial charge on any atom is 0.322 e. The van der Waals surface area contributed by atoms with Gasteiger partial charge in [0, 0.05) is 31.4 Å². The van der Waals surface area contributed by atoms with Gasteiger partial charge in [-0.05, 0) is 36.4 Å². The van der Waals surface area contributed by atoms with Gasteiger partial charge >= 0.3 is 6.01 Å². The van der Waals surface area contributed by atoms with Crippen LogP contribution in [0.2, 0.25) is 0 Å². The minimum absolute atomic E-state index is 0.0512. The van der Waals surface area contributed by atoms with E-state index in [2.05, 4.69) is 15.5 Å². The largest absolute Gasteiger partial charge is 0.403 e. The topological polar surface area (TPSA) is 71.3 Å². The van der Waals surface area contributed by atoms with E-state index >= 15 is 0 Å². The van der Waals surface area contributed by atoms with E-state index in [1.807, 2.05) is 19.0 Å². The molecule has 0 unspecified atom stereocenters. The number of anilines is 2. The average Bonchev–Trinajstić information content (AvgIpc) is 3.03. The van der Waals surface area contributed by atoms with Gasteiger partial charge in [-0.3, -0.25) is 10.1 Å². The minimum atomic E-state index is -0.833. The normalized spacial score (nSPS) is 10.6. The van der Waals surface area contributed by atoms with E-state index in [0.29, 0.717) is 11.6 Å². The molecule has 0 saturated carbocycles. The van der Waals surface area contributed by atoms with E-state index in [9.17, 15) is 13.6 Å². The molecule has 0 fully saturated rings. The van der Waals surface area contributed by atoms with E-state index in [0.717, 1.165) is 11.8 Å². The summed E-state index contributed by atoms with van der Waals surface area (Å²) in [6.07, 6.45) is 0. The third-order valence-electron chi connectivity index (χ3n) is 3.45. The van der Waals surface area contributed by atoms with Gasteiger partial charge < -0.3 is 9.32 Å². The first-order chi connectivity index (χ1) is 11.9. The van der Waals surface area contributed by atoms with Gasteiger partial charge in [-0.2, -0.15) is 0 Å². The SMILES string of the molecule is CN(C)c1ccc(C(=O)Nc2nnc(-c3ccc(F)cc3F)o2)cc1. The van der Waals surface area contributed by atoms with Crippen molar-refractivity contribution in [1.29, 1.82) is 0 Å². The van der Waals surface area contributed by atoms with Crippen LogP contribution in [-0.2, 0) is 0 Å². The van der Waals surface area contributed by atoms with Crippen molar-refractivity contribution in [2.24, 2.45) is 0 Å². The fourth-order valence-corrected chi connectivity index (χ4v) is 2.13. The van der Waals surface area contributed by atoms with E-state index < -0.39 is 17.5 Å². The molecule has 0 saturated heterocycles. The lowest BCUT2D eigenvalue weighted by Crippen LogP contribution is -2.13. The van der Waals surface area contributed by atoms with Gasteiger partial charge in [-0.15, -0.1) is 5.10 Å². The summed E-state index contributed by atoms with van der Waals surface area (Å²) in [5.41, 5.74) is 1.30. The van der Waals surface area contributed by atoms with Crippen molar-refractivity contribution in [2.75, 3.05) is 24.3 Å². The quantitative estimate of drug-likeness (QED) is 0.786. The maximum atomic E-state index is 13.7. The fraction of sp³-hybridized carbons (Fsp3) is 0.118. The van der Waals surface area contributed by atoms with Crippen LogP contribution in [0.1, 0.15) is 10.4 Å². The van der Waals surface area contributed by atoms with E-state index in [4.69, 9.17) is 4.42 Å². The number of halogens is 2. The zero-order valence-corrected chi connectivity index (χ0v) is 13.5. The molecule has 1 N–H and O–H groups in total. The molecule has 1 amide bonds. The van der Waals surface area contributed by atoms with Crippen molar-refractivity contribution in [2.45, 2.75) is 0 Å². The fourth-order valence-electron chi connectivity index (χ4n) is 2.13. The predicted molar refractivity (Wildman–Crippen MR) is 88.4 cm³/mol. The van der Waals surface area contributed by atoms with E-state index in [1.54, 1.807) is 24.3 Å². The second-order valence-corrected chi connectivity index (χ2v) is 5.43. The van der Waals surface area contributed by atoms with Crippen molar-refractivity contribution < 1.29 is 18.0 Å². The number of carbonyl (C=O) groups excluding carboxylic acids is 1. The summed E-state index contributed by atoms with van der Waals surface area (Å²) in [5, 5.41) is 9.75. The number of amides is 1. The van der Waals surface area contributed by atoms with Crippen LogP contribution in [0.3, 0.4) is 0 Å². The number of nitrogens with one attached hydrogen (secondary N) is 1. The van der Waals surface area contributed by atoms with Crippen LogP contribution in [-0.4, -0.2) is 30.2 Å². The Labute approximate surface area is 142 Å². The maximum absolute atomic E-state index is 13.7. The highest BCUT2D eigenvalue weighted by Gasteiger charge is 2.16. The van der Waals surface area contributed by atoms with Crippen LogP contribution in [0, 0.1) is 11.6 Å². The van der Waals surface area contributed by atoms with Crippen molar-refractivity contribution >= 4 is 17.6 Å². The average molecular weight is 344 g/mol. The summed E-state index contributed by atoms with van der Waals surface area (Å²) in [4.78, 5) is 14.1. The Morgan fingerprint density at radius 1 is 1.08 bits per heavy atom. The molecule has 0 aliphatic heterocycles. The lowest BCUT2D eigenvalue weighted by molar-refractivity contribution is 0.102. The molecule has 0 spiro atoms. The Morgan fingerprint density at radius 3 is 2.44 bits per heavy atom. The first-order valence-electron chi connectivity index (χ1n) is 7.31. The third-order valence-corrected chi connectivity index (χ3v) is 3.45. The van der Waals surface area contributed by atoms with Crippen LogP contribution in [0.25, 0.3) is 11.5 Å². The first-order valence-corrected chi connectivity index (χ1v) is 7.31. The van der Waals surface area contributed by atoms with Crippen LogP contribution in [0.5, 0.6) is 0 Å². The smallest absolute Gasteiger partial charge is 0.322 e. The number of carbonyl (C=O) groups is 1. The molecule has 0 aliphatic carbocycles. The van der Waals surface area contributed by atoms with Gasteiger partial charge in [0.05, 0.1) is 5.56 Å². The van der Waals surface area contributed by atoms with Crippen molar-refractivity contribution in [3.05, 3.63) is 59.7 Å². The second-order valence-electron chi connectivity index (χ2n) is 5.43. The molecule has 0 radical (unpaired) electrons. The molecule has 0 bridgehead atoms. The van der Waals surface area contributed by atoms with Gasteiger partial charge in [0.2, 0.25) is 0 Å². The molecule has 6 nitrogen and oxygen atoms in total. The van der Waals surface area contributed by atoms with Crippen LogP contribution in [0.4, 0.5) is 20.5 Å². The number of rotatable bonds is 4. The van der Waals surface area contributed by atoms with Crippen LogP contribution >= 0.6 is 0 Å². The van der Waals surface area contributed by atoms with Crippen molar-refractivity contribution in [1.82, 2.24) is 10.2 Å². The summed E-state index contributed by atoms with van der Waals surface area (Å²) in [6, 6.07) is 9.69. The summed E-state index contributed by atoms with van der Waals surface area (Å²) < 4.78 is 31.9. The van der Waals surface area contributed by atoms with Gasteiger partial charge in [0.15, 0.2) is 0 Å². The van der Waals surface area contributed by atoms with Gasteiger partial charge in [0.1, 0.15) is 11.6 Å². The Kier molecular flexibility index (Phi) is 4.42.